The Morgan fingerprint density at radius 3 is 2.62 bits per heavy atom. The summed E-state index contributed by atoms with van der Waals surface area (Å²) in [6.45, 7) is 8.05. The lowest BCUT2D eigenvalue weighted by Crippen LogP contribution is -2.42. The molecule has 3 aromatic carbocycles. The molecule has 1 unspecified atom stereocenters. The van der Waals surface area contributed by atoms with Crippen molar-refractivity contribution in [2.24, 2.45) is 0 Å². The Hall–Kier alpha value is -3.40. The normalized spacial score (nSPS) is 14.2. The predicted octanol–water partition coefficient (Wildman–Crippen LogP) is 4.86. The Kier molecular flexibility index (Phi) is 12.7. The van der Waals surface area contributed by atoms with Gasteiger partial charge in [0.2, 0.25) is 5.91 Å². The van der Waals surface area contributed by atoms with Gasteiger partial charge >= 0.3 is 5.97 Å². The van der Waals surface area contributed by atoms with Crippen LogP contribution in [0.2, 0.25) is 0 Å². The molecule has 0 spiro atoms. The van der Waals surface area contributed by atoms with Crippen LogP contribution in [0.1, 0.15) is 30.4 Å². The Morgan fingerprint density at radius 1 is 1.02 bits per heavy atom. The van der Waals surface area contributed by atoms with Crippen LogP contribution in [-0.2, 0) is 20.9 Å². The number of amides is 1. The zero-order valence-electron chi connectivity index (χ0n) is 24.2. The molecule has 1 saturated heterocycles. The molecule has 1 aliphatic heterocycles. The summed E-state index contributed by atoms with van der Waals surface area (Å²) in [6, 6.07) is 22.3. The van der Waals surface area contributed by atoms with Crippen LogP contribution in [0.5, 0.6) is 5.75 Å². The number of benzene rings is 3. The number of hydrogen-bond donors (Lipinski definition) is 2. The Balaban J connectivity index is 1.05. The first-order chi connectivity index (χ1) is 20.5. The minimum Gasteiger partial charge on any atom is -0.494 e. The zero-order valence-corrected chi connectivity index (χ0v) is 25.0. The molecule has 0 saturated carbocycles. The standard InChI is InChI=1S/C33H40FN3O4S/c1-25(28-11-12-30(31(34)22-28)27-8-3-2-4-9-27)33(39)41-19-20-42-24-32(38)36-13-6-18-40-29-10-5-7-26(21-29)23-37-16-14-35-15-17-37/h2-5,7-12,21-22,25,35H,6,13-20,23-24H2,1H3,(H,36,38). The van der Waals surface area contributed by atoms with Crippen molar-refractivity contribution < 1.29 is 23.5 Å². The first kappa shape index (κ1) is 31.5. The number of thioether (sulfide) groups is 1. The molecule has 1 heterocycles. The molecule has 42 heavy (non-hydrogen) atoms. The minimum atomic E-state index is -0.588. The van der Waals surface area contributed by atoms with Crippen molar-refractivity contribution in [1.82, 2.24) is 15.5 Å². The monoisotopic (exact) mass is 593 g/mol. The second kappa shape index (κ2) is 16.9. The summed E-state index contributed by atoms with van der Waals surface area (Å²) in [5.74, 6) is 0.196. The molecule has 1 amide bonds. The van der Waals surface area contributed by atoms with Gasteiger partial charge in [0.25, 0.3) is 0 Å². The minimum absolute atomic E-state index is 0.0632. The summed E-state index contributed by atoms with van der Waals surface area (Å²) >= 11 is 1.40. The van der Waals surface area contributed by atoms with E-state index in [0.29, 0.717) is 36.5 Å². The molecule has 0 aliphatic carbocycles. The summed E-state index contributed by atoms with van der Waals surface area (Å²) in [5, 5.41) is 6.27. The van der Waals surface area contributed by atoms with Gasteiger partial charge in [0.15, 0.2) is 0 Å². The fourth-order valence-electron chi connectivity index (χ4n) is 4.68. The van der Waals surface area contributed by atoms with Crippen molar-refractivity contribution in [1.29, 1.82) is 0 Å². The van der Waals surface area contributed by atoms with Crippen molar-refractivity contribution in [3.05, 3.63) is 89.7 Å². The number of hydrogen-bond acceptors (Lipinski definition) is 7. The van der Waals surface area contributed by atoms with Gasteiger partial charge < -0.3 is 20.1 Å². The van der Waals surface area contributed by atoms with Gasteiger partial charge in [-0.3, -0.25) is 14.5 Å². The van der Waals surface area contributed by atoms with E-state index in [1.165, 1.54) is 23.4 Å². The number of nitrogens with zero attached hydrogens (tertiary/aromatic N) is 1. The fourth-order valence-corrected chi connectivity index (χ4v) is 5.31. The molecule has 3 aromatic rings. The van der Waals surface area contributed by atoms with E-state index >= 15 is 0 Å². The van der Waals surface area contributed by atoms with E-state index in [0.717, 1.165) is 44.0 Å². The third-order valence-corrected chi connectivity index (χ3v) is 7.98. The number of carbonyl (C=O) groups is 2. The van der Waals surface area contributed by atoms with Gasteiger partial charge in [-0.1, -0.05) is 54.6 Å². The number of esters is 1. The molecule has 9 heteroatoms. The van der Waals surface area contributed by atoms with Crippen LogP contribution >= 0.6 is 11.8 Å². The van der Waals surface area contributed by atoms with Gasteiger partial charge in [0.05, 0.1) is 18.3 Å². The maximum Gasteiger partial charge on any atom is 0.313 e. The number of carbonyl (C=O) groups excluding carboxylic acids is 2. The number of nitrogens with one attached hydrogen (secondary N) is 2. The average Bonchev–Trinajstić information content (AvgIpc) is 3.01. The van der Waals surface area contributed by atoms with E-state index in [1.54, 1.807) is 19.1 Å². The van der Waals surface area contributed by atoms with Crippen LogP contribution in [-0.4, -0.2) is 74.2 Å². The van der Waals surface area contributed by atoms with E-state index < -0.39 is 11.9 Å². The van der Waals surface area contributed by atoms with Gasteiger partial charge in [0, 0.05) is 50.6 Å². The summed E-state index contributed by atoms with van der Waals surface area (Å²) in [5.41, 5.74) is 3.09. The van der Waals surface area contributed by atoms with Gasteiger partial charge in [-0.05, 0) is 48.2 Å². The van der Waals surface area contributed by atoms with E-state index in [-0.39, 0.29) is 24.1 Å². The topological polar surface area (TPSA) is 79.9 Å². The highest BCUT2D eigenvalue weighted by Crippen LogP contribution is 2.27. The van der Waals surface area contributed by atoms with Crippen LogP contribution in [0, 0.1) is 5.82 Å². The van der Waals surface area contributed by atoms with Crippen LogP contribution in [0.15, 0.2) is 72.8 Å². The highest BCUT2D eigenvalue weighted by molar-refractivity contribution is 7.99. The fraction of sp³-hybridized carbons (Fsp3) is 0.394. The summed E-state index contributed by atoms with van der Waals surface area (Å²) < 4.78 is 25.9. The first-order valence-electron chi connectivity index (χ1n) is 14.5. The highest BCUT2D eigenvalue weighted by atomic mass is 32.2. The molecule has 1 atom stereocenters. The molecule has 0 radical (unpaired) electrons. The highest BCUT2D eigenvalue weighted by Gasteiger charge is 2.19. The van der Waals surface area contributed by atoms with Crippen LogP contribution in [0.4, 0.5) is 4.39 Å². The zero-order chi connectivity index (χ0) is 29.6. The predicted molar refractivity (Wildman–Crippen MR) is 166 cm³/mol. The largest absolute Gasteiger partial charge is 0.494 e. The first-order valence-corrected chi connectivity index (χ1v) is 15.7. The smallest absolute Gasteiger partial charge is 0.313 e. The Labute approximate surface area is 252 Å². The summed E-state index contributed by atoms with van der Waals surface area (Å²) in [4.78, 5) is 27.0. The van der Waals surface area contributed by atoms with Crippen molar-refractivity contribution in [3.63, 3.8) is 0 Å². The number of piperazine rings is 1. The van der Waals surface area contributed by atoms with Gasteiger partial charge in [-0.2, -0.15) is 0 Å². The lowest BCUT2D eigenvalue weighted by molar-refractivity contribution is -0.144. The molecular weight excluding hydrogens is 553 g/mol. The molecule has 2 N–H and O–H groups in total. The van der Waals surface area contributed by atoms with Crippen LogP contribution in [0.3, 0.4) is 0 Å². The van der Waals surface area contributed by atoms with E-state index in [2.05, 4.69) is 27.7 Å². The van der Waals surface area contributed by atoms with Crippen molar-refractivity contribution in [2.45, 2.75) is 25.8 Å². The third kappa shape index (κ3) is 10.2. The molecule has 224 valence electrons. The second-order valence-electron chi connectivity index (χ2n) is 10.3. The molecule has 4 rings (SSSR count). The van der Waals surface area contributed by atoms with E-state index in [9.17, 15) is 14.0 Å². The quantitative estimate of drug-likeness (QED) is 0.192. The molecule has 0 bridgehead atoms. The maximum atomic E-state index is 14.7. The lowest BCUT2D eigenvalue weighted by Gasteiger charge is -2.27. The van der Waals surface area contributed by atoms with Gasteiger partial charge in [-0.25, -0.2) is 4.39 Å². The Morgan fingerprint density at radius 2 is 1.83 bits per heavy atom. The number of rotatable bonds is 15. The number of ether oxygens (including phenoxy) is 2. The molecule has 0 aromatic heterocycles. The van der Waals surface area contributed by atoms with Crippen LogP contribution in [0.25, 0.3) is 11.1 Å². The molecular formula is C33H40FN3O4S. The van der Waals surface area contributed by atoms with E-state index in [4.69, 9.17) is 9.47 Å². The second-order valence-corrected chi connectivity index (χ2v) is 11.4. The summed E-state index contributed by atoms with van der Waals surface area (Å²) in [6.07, 6.45) is 0.709. The summed E-state index contributed by atoms with van der Waals surface area (Å²) in [7, 11) is 0. The SMILES string of the molecule is CC(C(=O)OCCSCC(=O)NCCCOc1cccc(CN2CCNCC2)c1)c1ccc(-c2ccccc2)c(F)c1. The third-order valence-electron chi connectivity index (χ3n) is 7.06. The van der Waals surface area contributed by atoms with Gasteiger partial charge in [-0.15, -0.1) is 11.8 Å². The molecule has 1 aliphatic rings. The van der Waals surface area contributed by atoms with Crippen molar-refractivity contribution in [3.8, 4) is 16.9 Å². The van der Waals surface area contributed by atoms with Crippen molar-refractivity contribution >= 4 is 23.6 Å². The lowest BCUT2D eigenvalue weighted by atomic mass is 9.97. The molecule has 1 fully saturated rings. The van der Waals surface area contributed by atoms with Crippen molar-refractivity contribution in [2.75, 3.05) is 57.4 Å². The number of halogens is 1. The Bertz CT molecular complexity index is 1290. The van der Waals surface area contributed by atoms with Crippen LogP contribution < -0.4 is 15.4 Å². The average molecular weight is 594 g/mol. The van der Waals surface area contributed by atoms with Gasteiger partial charge in [0.1, 0.15) is 18.2 Å². The van der Waals surface area contributed by atoms with E-state index in [1.807, 2.05) is 42.5 Å². The molecule has 7 nitrogen and oxygen atoms in total. The maximum absolute atomic E-state index is 14.7.